The molecule has 0 bridgehead atoms. The van der Waals surface area contributed by atoms with Crippen LogP contribution in [-0.2, 0) is 24.4 Å². The molecule has 1 aliphatic rings. The third-order valence-electron chi connectivity index (χ3n) is 4.19. The van der Waals surface area contributed by atoms with Crippen LogP contribution >= 0.6 is 0 Å². The molecule has 0 fully saturated rings. The first-order valence-electron chi connectivity index (χ1n) is 7.32. The molecule has 0 saturated heterocycles. The van der Waals surface area contributed by atoms with E-state index in [9.17, 15) is 4.79 Å². The molecule has 0 saturated carbocycles. The van der Waals surface area contributed by atoms with Gasteiger partial charge in [0.15, 0.2) is 0 Å². The Morgan fingerprint density at radius 1 is 1.41 bits per heavy atom. The summed E-state index contributed by atoms with van der Waals surface area (Å²) in [4.78, 5) is 18.6. The van der Waals surface area contributed by atoms with Gasteiger partial charge in [0.25, 0.3) is 0 Å². The molecule has 1 atom stereocenters. The quantitative estimate of drug-likeness (QED) is 0.889. The minimum atomic E-state index is -0.209. The number of aromatic nitrogens is 4. The molecule has 1 unspecified atom stereocenters. The first kappa shape index (κ1) is 14.6. The van der Waals surface area contributed by atoms with Gasteiger partial charge in [0.05, 0.1) is 13.1 Å². The van der Waals surface area contributed by atoms with Gasteiger partial charge in [-0.05, 0) is 38.1 Å². The van der Waals surface area contributed by atoms with Gasteiger partial charge in [-0.25, -0.2) is 0 Å². The highest BCUT2D eigenvalue weighted by atomic mass is 16.2. The molecule has 0 radical (unpaired) electrons. The maximum Gasteiger partial charge on any atom is 0.239 e. The van der Waals surface area contributed by atoms with Crippen molar-refractivity contribution in [1.82, 2.24) is 30.0 Å². The van der Waals surface area contributed by atoms with Crippen molar-refractivity contribution < 1.29 is 4.79 Å². The Hall–Kier alpha value is -2.28. The molecular weight excluding hydrogens is 280 g/mol. The SMILES string of the molecule is Cc1ccncc1CNC(=O)C1Cn2c(C)nnc2CN1C. The van der Waals surface area contributed by atoms with Gasteiger partial charge >= 0.3 is 0 Å². The first-order chi connectivity index (χ1) is 10.6. The predicted molar refractivity (Wildman–Crippen MR) is 80.8 cm³/mol. The summed E-state index contributed by atoms with van der Waals surface area (Å²) in [6.45, 7) is 5.64. The highest BCUT2D eigenvalue weighted by Gasteiger charge is 2.30. The molecular formula is C15H20N6O. The lowest BCUT2D eigenvalue weighted by atomic mass is 10.1. The number of carbonyl (C=O) groups is 1. The Morgan fingerprint density at radius 3 is 3.00 bits per heavy atom. The predicted octanol–water partition coefficient (Wildman–Crippen LogP) is 0.420. The van der Waals surface area contributed by atoms with Gasteiger partial charge in [-0.3, -0.25) is 14.7 Å². The summed E-state index contributed by atoms with van der Waals surface area (Å²) in [5.41, 5.74) is 2.17. The summed E-state index contributed by atoms with van der Waals surface area (Å²) < 4.78 is 2.01. The van der Waals surface area contributed by atoms with E-state index in [0.717, 1.165) is 22.8 Å². The molecule has 1 N–H and O–H groups in total. The van der Waals surface area contributed by atoms with Gasteiger partial charge < -0.3 is 9.88 Å². The summed E-state index contributed by atoms with van der Waals surface area (Å²) in [6, 6.07) is 1.74. The number of hydrogen-bond donors (Lipinski definition) is 1. The lowest BCUT2D eigenvalue weighted by molar-refractivity contribution is -0.127. The van der Waals surface area contributed by atoms with Crippen LogP contribution < -0.4 is 5.32 Å². The molecule has 2 aromatic heterocycles. The van der Waals surface area contributed by atoms with Gasteiger partial charge in [-0.15, -0.1) is 10.2 Å². The van der Waals surface area contributed by atoms with Crippen molar-refractivity contribution in [2.24, 2.45) is 0 Å². The van der Waals surface area contributed by atoms with Crippen LogP contribution in [0.3, 0.4) is 0 Å². The fraction of sp³-hybridized carbons (Fsp3) is 0.467. The van der Waals surface area contributed by atoms with Gasteiger partial charge in [0, 0.05) is 18.9 Å². The van der Waals surface area contributed by atoms with Crippen LogP contribution in [0.25, 0.3) is 0 Å². The van der Waals surface area contributed by atoms with Gasteiger partial charge in [-0.2, -0.15) is 0 Å². The molecule has 22 heavy (non-hydrogen) atoms. The second-order valence-electron chi connectivity index (χ2n) is 5.72. The molecule has 3 heterocycles. The molecule has 0 spiro atoms. The highest BCUT2D eigenvalue weighted by Crippen LogP contribution is 2.16. The number of aryl methyl sites for hydroxylation is 2. The maximum atomic E-state index is 12.5. The highest BCUT2D eigenvalue weighted by molar-refractivity contribution is 5.81. The Balaban J connectivity index is 1.68. The second kappa shape index (κ2) is 5.84. The summed E-state index contributed by atoms with van der Waals surface area (Å²) in [5, 5.41) is 11.2. The number of carbonyl (C=O) groups excluding carboxylic acids is 1. The first-order valence-corrected chi connectivity index (χ1v) is 7.32. The molecule has 7 heteroatoms. The van der Waals surface area contributed by atoms with Gasteiger partial charge in [-0.1, -0.05) is 0 Å². The zero-order valence-corrected chi connectivity index (χ0v) is 13.1. The fourth-order valence-electron chi connectivity index (χ4n) is 2.69. The van der Waals surface area contributed by atoms with Crippen LogP contribution in [-0.4, -0.2) is 43.6 Å². The molecule has 1 aliphatic heterocycles. The van der Waals surface area contributed by atoms with E-state index in [0.29, 0.717) is 19.6 Å². The summed E-state index contributed by atoms with van der Waals surface area (Å²) in [5.74, 6) is 1.78. The average Bonchev–Trinajstić information content (AvgIpc) is 2.86. The van der Waals surface area contributed by atoms with Crippen molar-refractivity contribution >= 4 is 5.91 Å². The van der Waals surface area contributed by atoms with E-state index in [1.165, 1.54) is 0 Å². The lowest BCUT2D eigenvalue weighted by Crippen LogP contribution is -2.50. The summed E-state index contributed by atoms with van der Waals surface area (Å²) >= 11 is 0. The Labute approximate surface area is 129 Å². The number of rotatable bonds is 3. The summed E-state index contributed by atoms with van der Waals surface area (Å²) in [7, 11) is 1.94. The monoisotopic (exact) mass is 300 g/mol. The third-order valence-corrected chi connectivity index (χ3v) is 4.19. The number of likely N-dealkylation sites (N-methyl/N-ethyl adjacent to an activating group) is 1. The van der Waals surface area contributed by atoms with Crippen molar-refractivity contribution in [3.8, 4) is 0 Å². The largest absolute Gasteiger partial charge is 0.351 e. The molecule has 0 aliphatic carbocycles. The van der Waals surface area contributed by atoms with E-state index in [1.54, 1.807) is 12.4 Å². The second-order valence-corrected chi connectivity index (χ2v) is 5.72. The molecule has 2 aromatic rings. The third kappa shape index (κ3) is 2.71. The zero-order valence-electron chi connectivity index (χ0n) is 13.1. The number of pyridine rings is 1. The molecule has 7 nitrogen and oxygen atoms in total. The molecule has 116 valence electrons. The number of fused-ring (bicyclic) bond motifs is 1. The Kier molecular flexibility index (Phi) is 3.89. The van der Waals surface area contributed by atoms with Crippen LogP contribution in [0.5, 0.6) is 0 Å². The Morgan fingerprint density at radius 2 is 2.23 bits per heavy atom. The van der Waals surface area contributed by atoms with Crippen molar-refractivity contribution in [1.29, 1.82) is 0 Å². The van der Waals surface area contributed by atoms with Crippen molar-refractivity contribution in [2.45, 2.75) is 39.5 Å². The Bertz CT molecular complexity index is 695. The number of hydrogen-bond acceptors (Lipinski definition) is 5. The minimum absolute atomic E-state index is 0.0181. The number of nitrogens with one attached hydrogen (secondary N) is 1. The van der Waals surface area contributed by atoms with Crippen LogP contribution in [0.15, 0.2) is 18.5 Å². The van der Waals surface area contributed by atoms with E-state index in [4.69, 9.17) is 0 Å². The molecule has 0 aromatic carbocycles. The topological polar surface area (TPSA) is 75.9 Å². The van der Waals surface area contributed by atoms with Crippen LogP contribution in [0.1, 0.15) is 22.8 Å². The van der Waals surface area contributed by atoms with Gasteiger partial charge in [0.2, 0.25) is 5.91 Å². The fourth-order valence-corrected chi connectivity index (χ4v) is 2.69. The van der Waals surface area contributed by atoms with E-state index in [1.807, 2.05) is 36.4 Å². The van der Waals surface area contributed by atoms with Crippen LogP contribution in [0, 0.1) is 13.8 Å². The standard InChI is InChI=1S/C15H20N6O/c1-10-4-5-16-6-12(10)7-17-15(22)13-8-21-11(2)18-19-14(21)9-20(13)3/h4-6,13H,7-9H2,1-3H3,(H,17,22). The maximum absolute atomic E-state index is 12.5. The van der Waals surface area contributed by atoms with Crippen LogP contribution in [0.2, 0.25) is 0 Å². The molecule has 1 amide bonds. The smallest absolute Gasteiger partial charge is 0.239 e. The van der Waals surface area contributed by atoms with Gasteiger partial charge in [0.1, 0.15) is 17.7 Å². The van der Waals surface area contributed by atoms with Crippen molar-refractivity contribution in [3.05, 3.63) is 41.2 Å². The van der Waals surface area contributed by atoms with Crippen molar-refractivity contribution in [2.75, 3.05) is 7.05 Å². The number of nitrogens with zero attached hydrogens (tertiary/aromatic N) is 5. The minimum Gasteiger partial charge on any atom is -0.351 e. The normalized spacial score (nSPS) is 18.0. The molecule has 3 rings (SSSR count). The number of amides is 1. The van der Waals surface area contributed by atoms with E-state index >= 15 is 0 Å². The van der Waals surface area contributed by atoms with E-state index in [2.05, 4.69) is 20.5 Å². The van der Waals surface area contributed by atoms with Crippen molar-refractivity contribution in [3.63, 3.8) is 0 Å². The average molecular weight is 300 g/mol. The lowest BCUT2D eigenvalue weighted by Gasteiger charge is -2.32. The van der Waals surface area contributed by atoms with E-state index in [-0.39, 0.29) is 11.9 Å². The summed E-state index contributed by atoms with van der Waals surface area (Å²) in [6.07, 6.45) is 3.55. The van der Waals surface area contributed by atoms with Crippen LogP contribution in [0.4, 0.5) is 0 Å². The zero-order chi connectivity index (χ0) is 15.7. The van der Waals surface area contributed by atoms with E-state index < -0.39 is 0 Å².